The Bertz CT molecular complexity index is 1180. The van der Waals surface area contributed by atoms with E-state index in [1.54, 1.807) is 7.11 Å². The SMILES string of the molecule is COc1ccc(-c2c[nH]c3c(SCC(=O)Nc4c(C)cccc4C)ncnc23)cc1. The number of carbonyl (C=O) groups is 1. The number of H-pyrrole nitrogens is 1. The summed E-state index contributed by atoms with van der Waals surface area (Å²) in [7, 11) is 1.65. The summed E-state index contributed by atoms with van der Waals surface area (Å²) in [5, 5.41) is 3.76. The number of aryl methyl sites for hydroxylation is 2. The van der Waals surface area contributed by atoms with Crippen LogP contribution in [0.15, 0.2) is 60.0 Å². The van der Waals surface area contributed by atoms with Crippen LogP contribution in [0.1, 0.15) is 11.1 Å². The molecule has 1 amide bonds. The lowest BCUT2D eigenvalue weighted by Gasteiger charge is -2.11. The van der Waals surface area contributed by atoms with Crippen molar-refractivity contribution in [1.29, 1.82) is 0 Å². The number of nitrogens with zero attached hydrogens (tertiary/aromatic N) is 2. The maximum absolute atomic E-state index is 12.5. The fourth-order valence-electron chi connectivity index (χ4n) is 3.34. The largest absolute Gasteiger partial charge is 0.497 e. The second kappa shape index (κ2) is 8.59. The number of rotatable bonds is 6. The van der Waals surface area contributed by atoms with Gasteiger partial charge in [0, 0.05) is 17.4 Å². The first-order valence-corrected chi connectivity index (χ1v) is 10.5. The van der Waals surface area contributed by atoms with Crippen LogP contribution in [0.5, 0.6) is 5.75 Å². The minimum Gasteiger partial charge on any atom is -0.497 e. The number of anilines is 1. The highest BCUT2D eigenvalue weighted by Gasteiger charge is 2.14. The highest BCUT2D eigenvalue weighted by Crippen LogP contribution is 2.32. The van der Waals surface area contributed by atoms with Gasteiger partial charge < -0.3 is 15.0 Å². The third-order valence-corrected chi connectivity index (χ3v) is 5.90. The molecule has 0 unspecified atom stereocenters. The summed E-state index contributed by atoms with van der Waals surface area (Å²) in [4.78, 5) is 24.6. The number of thioether (sulfide) groups is 1. The molecule has 2 aromatic heterocycles. The number of methoxy groups -OCH3 is 1. The molecule has 6 nitrogen and oxygen atoms in total. The van der Waals surface area contributed by atoms with E-state index in [4.69, 9.17) is 4.74 Å². The summed E-state index contributed by atoms with van der Waals surface area (Å²) in [6.45, 7) is 3.98. The number of aromatic amines is 1. The Hall–Kier alpha value is -3.32. The van der Waals surface area contributed by atoms with Crippen LogP contribution in [0.3, 0.4) is 0 Å². The fourth-order valence-corrected chi connectivity index (χ4v) is 4.10. The number of hydrogen-bond acceptors (Lipinski definition) is 5. The van der Waals surface area contributed by atoms with Crippen molar-refractivity contribution in [3.63, 3.8) is 0 Å². The van der Waals surface area contributed by atoms with Gasteiger partial charge in [-0.2, -0.15) is 0 Å². The number of nitrogens with one attached hydrogen (secondary N) is 2. The van der Waals surface area contributed by atoms with Crippen molar-refractivity contribution in [3.8, 4) is 16.9 Å². The molecule has 0 aliphatic heterocycles. The van der Waals surface area contributed by atoms with E-state index in [1.165, 1.54) is 18.1 Å². The third-order valence-electron chi connectivity index (χ3n) is 4.92. The Morgan fingerprint density at radius 1 is 1.10 bits per heavy atom. The minimum absolute atomic E-state index is 0.0638. The van der Waals surface area contributed by atoms with Gasteiger partial charge in [0.25, 0.3) is 0 Å². The smallest absolute Gasteiger partial charge is 0.234 e. The normalized spacial score (nSPS) is 10.9. The molecule has 0 bridgehead atoms. The molecule has 0 aliphatic carbocycles. The molecule has 0 atom stereocenters. The predicted molar refractivity (Wildman–Crippen MR) is 121 cm³/mol. The Labute approximate surface area is 179 Å². The lowest BCUT2D eigenvalue weighted by atomic mass is 10.1. The number of ether oxygens (including phenoxy) is 1. The Balaban J connectivity index is 1.52. The van der Waals surface area contributed by atoms with E-state index in [-0.39, 0.29) is 11.7 Å². The number of fused-ring (bicyclic) bond motifs is 1. The van der Waals surface area contributed by atoms with Crippen molar-refractivity contribution < 1.29 is 9.53 Å². The second-order valence-corrected chi connectivity index (χ2v) is 7.90. The van der Waals surface area contributed by atoms with Crippen LogP contribution in [0.2, 0.25) is 0 Å². The molecule has 0 radical (unpaired) electrons. The van der Waals surface area contributed by atoms with E-state index in [9.17, 15) is 4.79 Å². The van der Waals surface area contributed by atoms with Crippen LogP contribution < -0.4 is 10.1 Å². The van der Waals surface area contributed by atoms with Gasteiger partial charge >= 0.3 is 0 Å². The zero-order chi connectivity index (χ0) is 21.1. The summed E-state index contributed by atoms with van der Waals surface area (Å²) < 4.78 is 5.23. The first kappa shape index (κ1) is 20.0. The van der Waals surface area contributed by atoms with Crippen molar-refractivity contribution in [2.45, 2.75) is 18.9 Å². The van der Waals surface area contributed by atoms with Gasteiger partial charge in [-0.25, -0.2) is 9.97 Å². The van der Waals surface area contributed by atoms with Gasteiger partial charge in [-0.1, -0.05) is 42.1 Å². The number of aromatic nitrogens is 3. The minimum atomic E-state index is -0.0638. The van der Waals surface area contributed by atoms with E-state index < -0.39 is 0 Å². The highest BCUT2D eigenvalue weighted by atomic mass is 32.2. The van der Waals surface area contributed by atoms with Crippen molar-refractivity contribution in [2.24, 2.45) is 0 Å². The number of amides is 1. The second-order valence-electron chi connectivity index (χ2n) is 6.94. The summed E-state index contributed by atoms with van der Waals surface area (Å²) in [6.07, 6.45) is 3.46. The van der Waals surface area contributed by atoms with Crippen LogP contribution in [-0.4, -0.2) is 33.7 Å². The fraction of sp³-hybridized carbons (Fsp3) is 0.174. The first-order chi connectivity index (χ1) is 14.6. The molecule has 7 heteroatoms. The van der Waals surface area contributed by atoms with E-state index in [0.29, 0.717) is 0 Å². The van der Waals surface area contributed by atoms with Gasteiger partial charge in [0.1, 0.15) is 22.6 Å². The lowest BCUT2D eigenvalue weighted by Crippen LogP contribution is -2.15. The molecule has 0 saturated heterocycles. The predicted octanol–water partition coefficient (Wildman–Crippen LogP) is 4.98. The maximum Gasteiger partial charge on any atom is 0.234 e. The topological polar surface area (TPSA) is 79.9 Å². The van der Waals surface area contributed by atoms with E-state index >= 15 is 0 Å². The zero-order valence-electron chi connectivity index (χ0n) is 17.0. The number of para-hydroxylation sites is 1. The monoisotopic (exact) mass is 418 g/mol. The van der Waals surface area contributed by atoms with Crippen molar-refractivity contribution in [1.82, 2.24) is 15.0 Å². The van der Waals surface area contributed by atoms with Crippen LogP contribution >= 0.6 is 11.8 Å². The molecule has 0 spiro atoms. The highest BCUT2D eigenvalue weighted by molar-refractivity contribution is 8.00. The standard InChI is InChI=1S/C23H22N4O2S/c1-14-5-4-6-15(2)20(14)27-19(28)12-30-23-22-21(25-13-26-23)18(11-24-22)16-7-9-17(29-3)10-8-16/h4-11,13,24H,12H2,1-3H3,(H,27,28). The quantitative estimate of drug-likeness (QED) is 0.341. The van der Waals surface area contributed by atoms with Crippen molar-refractivity contribution >= 4 is 34.4 Å². The van der Waals surface area contributed by atoms with E-state index in [1.807, 2.05) is 62.5 Å². The van der Waals surface area contributed by atoms with Gasteiger partial charge in [-0.05, 0) is 42.7 Å². The first-order valence-electron chi connectivity index (χ1n) is 9.52. The molecule has 0 fully saturated rings. The summed E-state index contributed by atoms with van der Waals surface area (Å²) >= 11 is 1.39. The molecule has 0 aliphatic rings. The maximum atomic E-state index is 12.5. The average molecular weight is 419 g/mol. The van der Waals surface area contributed by atoms with E-state index in [2.05, 4.69) is 20.3 Å². The summed E-state index contributed by atoms with van der Waals surface area (Å²) in [5.41, 5.74) is 6.64. The Morgan fingerprint density at radius 3 is 2.53 bits per heavy atom. The third kappa shape index (κ3) is 4.02. The molecular weight excluding hydrogens is 396 g/mol. The molecule has 152 valence electrons. The molecule has 0 saturated carbocycles. The van der Waals surface area contributed by atoms with Crippen molar-refractivity contribution in [3.05, 3.63) is 66.1 Å². The number of carbonyl (C=O) groups excluding carboxylic acids is 1. The lowest BCUT2D eigenvalue weighted by molar-refractivity contribution is -0.113. The van der Waals surface area contributed by atoms with Crippen LogP contribution in [0.4, 0.5) is 5.69 Å². The molecule has 2 heterocycles. The molecular formula is C23H22N4O2S. The number of hydrogen-bond donors (Lipinski definition) is 2. The molecule has 2 N–H and O–H groups in total. The zero-order valence-corrected chi connectivity index (χ0v) is 17.8. The molecule has 30 heavy (non-hydrogen) atoms. The van der Waals surface area contributed by atoms with Crippen molar-refractivity contribution in [2.75, 3.05) is 18.2 Å². The van der Waals surface area contributed by atoms with Gasteiger partial charge in [0.2, 0.25) is 5.91 Å². The molecule has 2 aromatic carbocycles. The summed E-state index contributed by atoms with van der Waals surface area (Å²) in [5.74, 6) is 1.00. The Morgan fingerprint density at radius 2 is 1.83 bits per heavy atom. The van der Waals surface area contributed by atoms with Gasteiger partial charge in [-0.3, -0.25) is 4.79 Å². The molecule has 4 aromatic rings. The van der Waals surface area contributed by atoms with Crippen LogP contribution in [0, 0.1) is 13.8 Å². The molecule has 4 rings (SSSR count). The Kier molecular flexibility index (Phi) is 5.72. The average Bonchev–Trinajstić information content (AvgIpc) is 3.20. The summed E-state index contributed by atoms with van der Waals surface area (Å²) in [6, 6.07) is 13.8. The van der Waals surface area contributed by atoms with Gasteiger partial charge in [-0.15, -0.1) is 0 Å². The number of benzene rings is 2. The van der Waals surface area contributed by atoms with Gasteiger partial charge in [0.05, 0.1) is 18.4 Å². The van der Waals surface area contributed by atoms with Gasteiger partial charge in [0.15, 0.2) is 0 Å². The van der Waals surface area contributed by atoms with E-state index in [0.717, 1.165) is 49.8 Å². The van der Waals surface area contributed by atoms with Crippen LogP contribution in [-0.2, 0) is 4.79 Å². The van der Waals surface area contributed by atoms with Crippen LogP contribution in [0.25, 0.3) is 22.2 Å².